The SMILES string of the molecule is CC1CC(O)(c2ccc(F)cc2)CC(C)N1C(=O)OC(C)(C)C. The monoisotopic (exact) mass is 323 g/mol. The third-order valence-electron chi connectivity index (χ3n) is 4.20. The van der Waals surface area contributed by atoms with E-state index in [1.54, 1.807) is 17.0 Å². The Morgan fingerprint density at radius 2 is 1.70 bits per heavy atom. The van der Waals surface area contributed by atoms with Gasteiger partial charge < -0.3 is 14.7 Å². The zero-order chi connectivity index (χ0) is 17.4. The number of carbonyl (C=O) groups is 1. The third kappa shape index (κ3) is 4.02. The van der Waals surface area contributed by atoms with Crippen LogP contribution < -0.4 is 0 Å². The summed E-state index contributed by atoms with van der Waals surface area (Å²) in [5.74, 6) is -0.329. The maximum Gasteiger partial charge on any atom is 0.410 e. The minimum atomic E-state index is -1.06. The fourth-order valence-electron chi connectivity index (χ4n) is 3.36. The Morgan fingerprint density at radius 1 is 1.22 bits per heavy atom. The van der Waals surface area contributed by atoms with Gasteiger partial charge in [-0.3, -0.25) is 0 Å². The molecule has 1 aromatic rings. The van der Waals surface area contributed by atoms with Crippen molar-refractivity contribution in [3.8, 4) is 0 Å². The first-order valence-electron chi connectivity index (χ1n) is 8.01. The number of hydrogen-bond acceptors (Lipinski definition) is 3. The Labute approximate surface area is 137 Å². The van der Waals surface area contributed by atoms with Crippen molar-refractivity contribution in [3.05, 3.63) is 35.6 Å². The lowest BCUT2D eigenvalue weighted by Crippen LogP contribution is -2.55. The fourth-order valence-corrected chi connectivity index (χ4v) is 3.36. The second-order valence-corrected chi connectivity index (χ2v) is 7.53. The van der Waals surface area contributed by atoms with Crippen LogP contribution in [0.5, 0.6) is 0 Å². The van der Waals surface area contributed by atoms with Gasteiger partial charge in [-0.05, 0) is 52.3 Å². The number of likely N-dealkylation sites (tertiary alicyclic amines) is 1. The summed E-state index contributed by atoms with van der Waals surface area (Å²) in [5.41, 5.74) is -0.937. The van der Waals surface area contributed by atoms with Crippen LogP contribution in [0, 0.1) is 5.82 Å². The van der Waals surface area contributed by atoms with Crippen molar-refractivity contribution in [1.82, 2.24) is 4.90 Å². The van der Waals surface area contributed by atoms with E-state index in [1.807, 2.05) is 34.6 Å². The van der Waals surface area contributed by atoms with E-state index in [0.29, 0.717) is 18.4 Å². The predicted octanol–water partition coefficient (Wildman–Crippen LogP) is 3.82. The van der Waals surface area contributed by atoms with Crippen molar-refractivity contribution in [2.75, 3.05) is 0 Å². The van der Waals surface area contributed by atoms with E-state index in [0.717, 1.165) is 0 Å². The topological polar surface area (TPSA) is 49.8 Å². The molecular weight excluding hydrogens is 297 g/mol. The van der Waals surface area contributed by atoms with Crippen molar-refractivity contribution in [2.45, 2.75) is 70.7 Å². The lowest BCUT2D eigenvalue weighted by molar-refractivity contribution is -0.0747. The molecule has 0 spiro atoms. The molecule has 2 unspecified atom stereocenters. The maximum absolute atomic E-state index is 13.1. The average molecular weight is 323 g/mol. The van der Waals surface area contributed by atoms with Crippen molar-refractivity contribution in [2.24, 2.45) is 0 Å². The average Bonchev–Trinajstić information content (AvgIpc) is 2.35. The summed E-state index contributed by atoms with van der Waals surface area (Å²) in [6.45, 7) is 9.29. The summed E-state index contributed by atoms with van der Waals surface area (Å²) >= 11 is 0. The highest BCUT2D eigenvalue weighted by molar-refractivity contribution is 5.69. The summed E-state index contributed by atoms with van der Waals surface area (Å²) in [4.78, 5) is 14.1. The second-order valence-electron chi connectivity index (χ2n) is 7.53. The summed E-state index contributed by atoms with van der Waals surface area (Å²) in [5, 5.41) is 11.0. The van der Waals surface area contributed by atoms with Gasteiger partial charge in [0.15, 0.2) is 0 Å². The number of benzene rings is 1. The Hall–Kier alpha value is -1.62. The lowest BCUT2D eigenvalue weighted by Gasteiger charge is -2.47. The number of nitrogens with zero attached hydrogens (tertiary/aromatic N) is 1. The molecule has 1 heterocycles. The van der Waals surface area contributed by atoms with Gasteiger partial charge in [-0.25, -0.2) is 9.18 Å². The maximum atomic E-state index is 13.1. The number of hydrogen-bond donors (Lipinski definition) is 1. The highest BCUT2D eigenvalue weighted by Gasteiger charge is 2.44. The van der Waals surface area contributed by atoms with E-state index in [-0.39, 0.29) is 24.0 Å². The molecule has 1 fully saturated rings. The van der Waals surface area contributed by atoms with Gasteiger partial charge in [0, 0.05) is 24.9 Å². The molecule has 1 saturated heterocycles. The van der Waals surface area contributed by atoms with Crippen LogP contribution >= 0.6 is 0 Å². The minimum absolute atomic E-state index is 0.177. The molecule has 0 radical (unpaired) electrons. The van der Waals surface area contributed by atoms with Gasteiger partial charge in [0.25, 0.3) is 0 Å². The highest BCUT2D eigenvalue weighted by Crippen LogP contribution is 2.39. The molecule has 2 rings (SSSR count). The van der Waals surface area contributed by atoms with Gasteiger partial charge in [0.1, 0.15) is 11.4 Å². The first-order chi connectivity index (χ1) is 10.5. The van der Waals surface area contributed by atoms with Crippen LogP contribution in [0.2, 0.25) is 0 Å². The zero-order valence-electron chi connectivity index (χ0n) is 14.5. The summed E-state index contributed by atoms with van der Waals surface area (Å²) in [6.07, 6.45) is 0.420. The first-order valence-corrected chi connectivity index (χ1v) is 8.01. The Balaban J connectivity index is 2.18. The van der Waals surface area contributed by atoms with Gasteiger partial charge in [0.05, 0.1) is 5.60 Å². The van der Waals surface area contributed by atoms with Crippen LogP contribution in [-0.2, 0) is 10.3 Å². The van der Waals surface area contributed by atoms with Gasteiger partial charge in [-0.2, -0.15) is 0 Å². The van der Waals surface area contributed by atoms with E-state index in [9.17, 15) is 14.3 Å². The molecule has 0 aromatic heterocycles. The molecule has 1 N–H and O–H groups in total. The quantitative estimate of drug-likeness (QED) is 0.855. The van der Waals surface area contributed by atoms with Crippen molar-refractivity contribution in [1.29, 1.82) is 0 Å². The Morgan fingerprint density at radius 3 is 2.13 bits per heavy atom. The van der Waals surface area contributed by atoms with Crippen LogP contribution in [0.1, 0.15) is 53.0 Å². The van der Waals surface area contributed by atoms with Gasteiger partial charge in [-0.15, -0.1) is 0 Å². The standard InChI is InChI=1S/C18H26FNO3/c1-12-10-18(22,14-6-8-15(19)9-7-14)11-13(2)20(12)16(21)23-17(3,4)5/h6-9,12-13,22H,10-11H2,1-5H3. The molecule has 1 aromatic carbocycles. The highest BCUT2D eigenvalue weighted by atomic mass is 19.1. The smallest absolute Gasteiger partial charge is 0.410 e. The molecule has 2 atom stereocenters. The molecule has 1 aliphatic rings. The van der Waals surface area contributed by atoms with Gasteiger partial charge >= 0.3 is 6.09 Å². The minimum Gasteiger partial charge on any atom is -0.444 e. The Bertz CT molecular complexity index is 553. The summed E-state index contributed by atoms with van der Waals surface area (Å²) in [7, 11) is 0. The van der Waals surface area contributed by atoms with Crippen molar-refractivity contribution >= 4 is 6.09 Å². The van der Waals surface area contributed by atoms with E-state index < -0.39 is 11.2 Å². The van der Waals surface area contributed by atoms with Crippen LogP contribution in [-0.4, -0.2) is 33.8 Å². The summed E-state index contributed by atoms with van der Waals surface area (Å²) in [6, 6.07) is 5.56. The number of aliphatic hydroxyl groups is 1. The third-order valence-corrected chi connectivity index (χ3v) is 4.20. The molecule has 1 amide bonds. The van der Waals surface area contributed by atoms with Crippen molar-refractivity contribution < 1.29 is 19.0 Å². The number of rotatable bonds is 1. The number of ether oxygens (including phenoxy) is 1. The predicted molar refractivity (Wildman–Crippen MR) is 86.5 cm³/mol. The number of piperidine rings is 1. The molecule has 0 saturated carbocycles. The molecule has 23 heavy (non-hydrogen) atoms. The van der Waals surface area contributed by atoms with Crippen LogP contribution in [0.25, 0.3) is 0 Å². The summed E-state index contributed by atoms with van der Waals surface area (Å²) < 4.78 is 18.6. The van der Waals surface area contributed by atoms with Crippen LogP contribution in [0.15, 0.2) is 24.3 Å². The van der Waals surface area contributed by atoms with E-state index >= 15 is 0 Å². The number of carbonyl (C=O) groups excluding carboxylic acids is 1. The van der Waals surface area contributed by atoms with Gasteiger partial charge in [0.2, 0.25) is 0 Å². The normalized spacial score (nSPS) is 28.6. The Kier molecular flexibility index (Phi) is 4.71. The molecule has 1 aliphatic heterocycles. The van der Waals surface area contributed by atoms with Gasteiger partial charge in [-0.1, -0.05) is 12.1 Å². The van der Waals surface area contributed by atoms with E-state index in [2.05, 4.69) is 0 Å². The second kappa shape index (κ2) is 6.11. The molecule has 4 nitrogen and oxygen atoms in total. The van der Waals surface area contributed by atoms with E-state index in [1.165, 1.54) is 12.1 Å². The number of amides is 1. The zero-order valence-corrected chi connectivity index (χ0v) is 14.5. The van der Waals surface area contributed by atoms with E-state index in [4.69, 9.17) is 4.74 Å². The molecular formula is C18H26FNO3. The van der Waals surface area contributed by atoms with Crippen LogP contribution in [0.3, 0.4) is 0 Å². The fraction of sp³-hybridized carbons (Fsp3) is 0.611. The van der Waals surface area contributed by atoms with Crippen LogP contribution in [0.4, 0.5) is 9.18 Å². The number of halogens is 1. The molecule has 0 bridgehead atoms. The first kappa shape index (κ1) is 17.7. The largest absolute Gasteiger partial charge is 0.444 e. The molecule has 128 valence electrons. The lowest BCUT2D eigenvalue weighted by atomic mass is 9.78. The molecule has 5 heteroatoms. The van der Waals surface area contributed by atoms with Crippen molar-refractivity contribution in [3.63, 3.8) is 0 Å². The molecule has 0 aliphatic carbocycles.